The molecule has 0 bridgehead atoms. The molecule has 3 aromatic rings. The minimum absolute atomic E-state index is 0.224. The van der Waals surface area contributed by atoms with Crippen molar-refractivity contribution >= 4 is 22.8 Å². The van der Waals surface area contributed by atoms with Crippen LogP contribution in [0.15, 0.2) is 47.3 Å². The zero-order chi connectivity index (χ0) is 24.0. The van der Waals surface area contributed by atoms with Crippen LogP contribution in [0.5, 0.6) is 11.5 Å². The summed E-state index contributed by atoms with van der Waals surface area (Å²) in [5, 5.41) is 0. The summed E-state index contributed by atoms with van der Waals surface area (Å²) < 4.78 is 14.0. The normalized spacial score (nSPS) is 10.9. The second-order valence-electron chi connectivity index (χ2n) is 8.00. The molecular weight excluding hydrogens is 424 g/mol. The Morgan fingerprint density at radius 1 is 1.00 bits per heavy atom. The average molecular weight is 455 g/mol. The molecular formula is C24H30N4O5. The number of para-hydroxylation sites is 2. The number of rotatable bonds is 9. The van der Waals surface area contributed by atoms with E-state index in [0.717, 1.165) is 11.9 Å². The van der Waals surface area contributed by atoms with E-state index in [4.69, 9.17) is 9.47 Å². The van der Waals surface area contributed by atoms with Gasteiger partial charge in [0.05, 0.1) is 24.8 Å². The third-order valence-corrected chi connectivity index (χ3v) is 5.24. The summed E-state index contributed by atoms with van der Waals surface area (Å²) in [6.45, 7) is 6.90. The highest BCUT2D eigenvalue weighted by molar-refractivity contribution is 5.96. The first-order valence-electron chi connectivity index (χ1n) is 10.9. The number of hydrogen-bond donors (Lipinski definition) is 2. The number of methoxy groups -OCH3 is 1. The first kappa shape index (κ1) is 23.9. The summed E-state index contributed by atoms with van der Waals surface area (Å²) >= 11 is 0. The van der Waals surface area contributed by atoms with Crippen molar-refractivity contribution in [1.82, 2.24) is 20.0 Å². The van der Waals surface area contributed by atoms with Crippen molar-refractivity contribution in [2.75, 3.05) is 13.7 Å². The van der Waals surface area contributed by atoms with Crippen LogP contribution >= 0.6 is 0 Å². The lowest BCUT2D eigenvalue weighted by molar-refractivity contribution is -0.122. The number of ether oxygens (including phenoxy) is 2. The van der Waals surface area contributed by atoms with Crippen molar-refractivity contribution in [3.8, 4) is 11.5 Å². The number of nitrogens with zero attached hydrogens (tertiary/aromatic N) is 2. The molecule has 0 aliphatic rings. The van der Waals surface area contributed by atoms with Gasteiger partial charge in [0.15, 0.2) is 11.5 Å². The first-order chi connectivity index (χ1) is 15.8. The van der Waals surface area contributed by atoms with Crippen LogP contribution in [0.25, 0.3) is 11.0 Å². The van der Waals surface area contributed by atoms with Crippen LogP contribution in [0.3, 0.4) is 0 Å². The number of hydrazine groups is 1. The lowest BCUT2D eigenvalue weighted by Gasteiger charge is -2.13. The van der Waals surface area contributed by atoms with Gasteiger partial charge >= 0.3 is 5.69 Å². The van der Waals surface area contributed by atoms with Crippen LogP contribution < -0.4 is 26.0 Å². The number of carbonyl (C=O) groups excluding carboxylic acids is 2. The molecule has 2 N–H and O–H groups in total. The largest absolute Gasteiger partial charge is 0.493 e. The molecule has 9 heteroatoms. The van der Waals surface area contributed by atoms with Crippen LogP contribution in [-0.2, 0) is 17.9 Å². The molecule has 0 aliphatic carbocycles. The predicted octanol–water partition coefficient (Wildman–Crippen LogP) is 2.72. The number of carbonyl (C=O) groups is 2. The summed E-state index contributed by atoms with van der Waals surface area (Å²) in [4.78, 5) is 37.6. The molecule has 0 saturated heterocycles. The Morgan fingerprint density at radius 2 is 1.70 bits per heavy atom. The SMILES string of the molecule is CCn1c(=O)n(CC(=O)NNC(=O)c2ccc(OCCC(C)C)c(OC)c2)c2ccccc21. The number of nitrogens with one attached hydrogen (secondary N) is 2. The van der Waals surface area contributed by atoms with Gasteiger partial charge in [0.25, 0.3) is 11.8 Å². The third-order valence-electron chi connectivity index (χ3n) is 5.24. The second kappa shape index (κ2) is 10.7. The fraction of sp³-hybridized carbons (Fsp3) is 0.375. The van der Waals surface area contributed by atoms with E-state index in [2.05, 4.69) is 24.7 Å². The third kappa shape index (κ3) is 5.54. The van der Waals surface area contributed by atoms with Crippen LogP contribution in [-0.4, -0.2) is 34.7 Å². The number of fused-ring (bicyclic) bond motifs is 1. The zero-order valence-electron chi connectivity index (χ0n) is 19.4. The Labute approximate surface area is 192 Å². The van der Waals surface area contributed by atoms with E-state index >= 15 is 0 Å². The van der Waals surface area contributed by atoms with E-state index in [1.165, 1.54) is 11.7 Å². The van der Waals surface area contributed by atoms with Crippen LogP contribution in [0.2, 0.25) is 0 Å². The Kier molecular flexibility index (Phi) is 7.76. The van der Waals surface area contributed by atoms with Crippen LogP contribution in [0.4, 0.5) is 0 Å². The fourth-order valence-electron chi connectivity index (χ4n) is 3.45. The minimum atomic E-state index is -0.523. The van der Waals surface area contributed by atoms with Gasteiger partial charge in [0.2, 0.25) is 0 Å². The summed E-state index contributed by atoms with van der Waals surface area (Å²) in [6, 6.07) is 12.1. The van der Waals surface area contributed by atoms with Gasteiger partial charge in [-0.1, -0.05) is 26.0 Å². The summed E-state index contributed by atoms with van der Waals surface area (Å²) in [6.07, 6.45) is 0.900. The van der Waals surface area contributed by atoms with E-state index in [1.54, 1.807) is 28.8 Å². The maximum absolute atomic E-state index is 12.7. The van der Waals surface area contributed by atoms with Gasteiger partial charge in [0, 0.05) is 12.1 Å². The first-order valence-corrected chi connectivity index (χ1v) is 10.9. The fourth-order valence-corrected chi connectivity index (χ4v) is 3.45. The maximum Gasteiger partial charge on any atom is 0.329 e. The monoisotopic (exact) mass is 454 g/mol. The number of imidazole rings is 1. The molecule has 0 aliphatic heterocycles. The lowest BCUT2D eigenvalue weighted by Crippen LogP contribution is -2.44. The van der Waals surface area contributed by atoms with Gasteiger partial charge in [-0.05, 0) is 49.6 Å². The Morgan fingerprint density at radius 3 is 2.33 bits per heavy atom. The number of hydrogen-bond acceptors (Lipinski definition) is 5. The van der Waals surface area contributed by atoms with E-state index < -0.39 is 11.8 Å². The van der Waals surface area contributed by atoms with E-state index in [-0.39, 0.29) is 12.2 Å². The average Bonchev–Trinajstić information content (AvgIpc) is 3.07. The Bertz CT molecular complexity index is 1200. The number of aromatic nitrogens is 2. The Balaban J connectivity index is 1.64. The highest BCUT2D eigenvalue weighted by Crippen LogP contribution is 2.28. The van der Waals surface area contributed by atoms with E-state index in [9.17, 15) is 14.4 Å². The van der Waals surface area contributed by atoms with Gasteiger partial charge < -0.3 is 9.47 Å². The Hall–Kier alpha value is -3.75. The van der Waals surface area contributed by atoms with Gasteiger partial charge in [-0.15, -0.1) is 0 Å². The molecule has 0 fully saturated rings. The van der Waals surface area contributed by atoms with Crippen molar-refractivity contribution in [3.63, 3.8) is 0 Å². The van der Waals surface area contributed by atoms with Gasteiger partial charge in [0.1, 0.15) is 6.54 Å². The number of amides is 2. The highest BCUT2D eigenvalue weighted by atomic mass is 16.5. The number of aryl methyl sites for hydroxylation is 1. The standard InChI is InChI=1S/C24H30N4O5/c1-5-27-18-8-6-7-9-19(18)28(24(27)31)15-22(29)25-26-23(30)17-10-11-20(21(14-17)32-4)33-13-12-16(2)3/h6-11,14,16H,5,12-13,15H2,1-4H3,(H,25,29)(H,26,30). The van der Waals surface area contributed by atoms with Crippen LogP contribution in [0.1, 0.15) is 37.6 Å². The molecule has 0 saturated carbocycles. The maximum atomic E-state index is 12.7. The second-order valence-corrected chi connectivity index (χ2v) is 8.00. The quantitative estimate of drug-likeness (QED) is 0.484. The van der Waals surface area contributed by atoms with Crippen molar-refractivity contribution in [3.05, 3.63) is 58.5 Å². The van der Waals surface area contributed by atoms with E-state index in [0.29, 0.717) is 41.6 Å². The van der Waals surface area contributed by atoms with Gasteiger partial charge in [-0.2, -0.15) is 0 Å². The molecule has 1 aromatic heterocycles. The molecule has 2 aromatic carbocycles. The summed E-state index contributed by atoms with van der Waals surface area (Å²) in [5.74, 6) is 0.449. The molecule has 0 spiro atoms. The minimum Gasteiger partial charge on any atom is -0.493 e. The predicted molar refractivity (Wildman–Crippen MR) is 125 cm³/mol. The smallest absolute Gasteiger partial charge is 0.329 e. The number of benzene rings is 2. The molecule has 176 valence electrons. The summed E-state index contributed by atoms with van der Waals surface area (Å²) in [7, 11) is 1.50. The highest BCUT2D eigenvalue weighted by Gasteiger charge is 2.16. The van der Waals surface area contributed by atoms with E-state index in [1.807, 2.05) is 25.1 Å². The van der Waals surface area contributed by atoms with Crippen molar-refractivity contribution in [2.24, 2.45) is 5.92 Å². The molecule has 0 radical (unpaired) electrons. The molecule has 1 heterocycles. The molecule has 3 rings (SSSR count). The van der Waals surface area contributed by atoms with Crippen molar-refractivity contribution < 1.29 is 19.1 Å². The molecule has 2 amide bonds. The van der Waals surface area contributed by atoms with Crippen molar-refractivity contribution in [1.29, 1.82) is 0 Å². The van der Waals surface area contributed by atoms with Gasteiger partial charge in [-0.3, -0.25) is 29.6 Å². The summed E-state index contributed by atoms with van der Waals surface area (Å²) in [5.41, 5.74) is 6.17. The molecule has 33 heavy (non-hydrogen) atoms. The van der Waals surface area contributed by atoms with Gasteiger partial charge in [-0.25, -0.2) is 4.79 Å². The lowest BCUT2D eigenvalue weighted by atomic mass is 10.1. The zero-order valence-corrected chi connectivity index (χ0v) is 19.4. The molecule has 9 nitrogen and oxygen atoms in total. The molecule has 0 unspecified atom stereocenters. The van der Waals surface area contributed by atoms with Crippen molar-refractivity contribution in [2.45, 2.75) is 40.3 Å². The topological polar surface area (TPSA) is 104 Å². The van der Waals surface area contributed by atoms with Crippen LogP contribution in [0, 0.1) is 5.92 Å². The molecule has 0 atom stereocenters.